The lowest BCUT2D eigenvalue weighted by Gasteiger charge is -2.31. The van der Waals surface area contributed by atoms with Crippen LogP contribution in [0.1, 0.15) is 30.9 Å². The third-order valence-electron chi connectivity index (χ3n) is 4.29. The van der Waals surface area contributed by atoms with Gasteiger partial charge in [0, 0.05) is 18.8 Å². The number of aryl methyl sites for hydroxylation is 2. The topological polar surface area (TPSA) is 58.6 Å². The van der Waals surface area contributed by atoms with Crippen molar-refractivity contribution in [2.24, 2.45) is 5.92 Å². The van der Waals surface area contributed by atoms with Crippen LogP contribution in [0, 0.1) is 19.8 Å². The predicted octanol–water partition coefficient (Wildman–Crippen LogP) is 2.52. The van der Waals surface area contributed by atoms with Crippen LogP contribution in [-0.4, -0.2) is 43.0 Å². The number of ether oxygens (including phenoxy) is 1. The summed E-state index contributed by atoms with van der Waals surface area (Å²) in [5, 5.41) is 3.22. The van der Waals surface area contributed by atoms with Crippen molar-refractivity contribution < 1.29 is 14.3 Å². The van der Waals surface area contributed by atoms with Crippen LogP contribution in [-0.2, 0) is 14.3 Å². The predicted molar refractivity (Wildman–Crippen MR) is 90.3 cm³/mol. The summed E-state index contributed by atoms with van der Waals surface area (Å²) in [6.45, 7) is 7.82. The molecule has 0 radical (unpaired) electrons. The maximum absolute atomic E-state index is 12.3. The Morgan fingerprint density at radius 1 is 1.26 bits per heavy atom. The SMILES string of the molecule is CCOC(=O)C1CCN(C(=O)CNc2cc(C)ccc2C)CC1. The molecule has 5 heteroatoms. The highest BCUT2D eigenvalue weighted by molar-refractivity contribution is 5.81. The van der Waals surface area contributed by atoms with Gasteiger partial charge in [0.2, 0.25) is 5.91 Å². The van der Waals surface area contributed by atoms with E-state index in [1.807, 2.05) is 31.7 Å². The molecule has 1 saturated heterocycles. The highest BCUT2D eigenvalue weighted by Crippen LogP contribution is 2.20. The minimum atomic E-state index is -0.131. The van der Waals surface area contributed by atoms with Crippen LogP contribution in [0.25, 0.3) is 0 Å². The second-order valence-electron chi connectivity index (χ2n) is 6.08. The van der Waals surface area contributed by atoms with Crippen LogP contribution in [0.3, 0.4) is 0 Å². The summed E-state index contributed by atoms with van der Waals surface area (Å²) in [6.07, 6.45) is 1.38. The van der Waals surface area contributed by atoms with Crippen LogP contribution in [0.15, 0.2) is 18.2 Å². The second-order valence-corrected chi connectivity index (χ2v) is 6.08. The Kier molecular flexibility index (Phi) is 6.02. The summed E-state index contributed by atoms with van der Waals surface area (Å²) in [6, 6.07) is 6.16. The van der Waals surface area contributed by atoms with Gasteiger partial charge in [-0.15, -0.1) is 0 Å². The van der Waals surface area contributed by atoms with E-state index in [0.29, 0.717) is 32.5 Å². The average molecular weight is 318 g/mol. The number of carbonyl (C=O) groups is 2. The fourth-order valence-corrected chi connectivity index (χ4v) is 2.83. The minimum absolute atomic E-state index is 0.0639. The van der Waals surface area contributed by atoms with Gasteiger partial charge in [-0.3, -0.25) is 9.59 Å². The van der Waals surface area contributed by atoms with E-state index in [0.717, 1.165) is 11.3 Å². The van der Waals surface area contributed by atoms with E-state index in [1.165, 1.54) is 5.56 Å². The van der Waals surface area contributed by atoms with Gasteiger partial charge >= 0.3 is 5.97 Å². The molecule has 1 aliphatic rings. The number of piperidine rings is 1. The molecule has 1 aliphatic heterocycles. The summed E-state index contributed by atoms with van der Waals surface area (Å²) in [4.78, 5) is 25.9. The van der Waals surface area contributed by atoms with Crippen molar-refractivity contribution in [2.75, 3.05) is 31.6 Å². The van der Waals surface area contributed by atoms with Crippen LogP contribution in [0.4, 0.5) is 5.69 Å². The highest BCUT2D eigenvalue weighted by atomic mass is 16.5. The van der Waals surface area contributed by atoms with Gasteiger partial charge in [-0.1, -0.05) is 12.1 Å². The number of anilines is 1. The van der Waals surface area contributed by atoms with Crippen molar-refractivity contribution in [3.8, 4) is 0 Å². The lowest BCUT2D eigenvalue weighted by atomic mass is 9.97. The number of nitrogens with one attached hydrogen (secondary N) is 1. The molecule has 23 heavy (non-hydrogen) atoms. The van der Waals surface area contributed by atoms with Crippen LogP contribution < -0.4 is 5.32 Å². The monoisotopic (exact) mass is 318 g/mol. The van der Waals surface area contributed by atoms with E-state index in [1.54, 1.807) is 0 Å². The summed E-state index contributed by atoms with van der Waals surface area (Å²) in [5.41, 5.74) is 3.30. The lowest BCUT2D eigenvalue weighted by Crippen LogP contribution is -2.43. The first kappa shape index (κ1) is 17.3. The highest BCUT2D eigenvalue weighted by Gasteiger charge is 2.27. The van der Waals surface area contributed by atoms with Crippen molar-refractivity contribution in [3.05, 3.63) is 29.3 Å². The molecule has 2 rings (SSSR count). The molecule has 1 fully saturated rings. The molecule has 0 aromatic heterocycles. The standard InChI is InChI=1S/C18H26N2O3/c1-4-23-18(22)15-7-9-20(10-8-15)17(21)12-19-16-11-13(2)5-6-14(16)3/h5-6,11,15,19H,4,7-10,12H2,1-3H3. The number of esters is 1. The zero-order valence-corrected chi connectivity index (χ0v) is 14.2. The first-order chi connectivity index (χ1) is 11.0. The van der Waals surface area contributed by atoms with Crippen molar-refractivity contribution in [1.82, 2.24) is 4.90 Å². The van der Waals surface area contributed by atoms with E-state index in [4.69, 9.17) is 4.74 Å². The molecule has 0 aliphatic carbocycles. The van der Waals surface area contributed by atoms with Gasteiger partial charge in [0.15, 0.2) is 0 Å². The van der Waals surface area contributed by atoms with Gasteiger partial charge in [0.05, 0.1) is 19.1 Å². The molecule has 0 bridgehead atoms. The van der Waals surface area contributed by atoms with Crippen LogP contribution >= 0.6 is 0 Å². The molecule has 1 heterocycles. The molecular weight excluding hydrogens is 292 g/mol. The summed E-state index contributed by atoms with van der Waals surface area (Å²) >= 11 is 0. The van der Waals surface area contributed by atoms with Gasteiger partial charge < -0.3 is 15.0 Å². The molecule has 0 saturated carbocycles. The Bertz CT molecular complexity index is 563. The number of amides is 1. The van der Waals surface area contributed by atoms with Crippen LogP contribution in [0.5, 0.6) is 0 Å². The summed E-state index contributed by atoms with van der Waals surface area (Å²) in [5.74, 6) is -0.118. The number of rotatable bonds is 5. The Labute approximate surface area is 138 Å². The Morgan fingerprint density at radius 3 is 2.61 bits per heavy atom. The number of hydrogen-bond donors (Lipinski definition) is 1. The molecule has 126 valence electrons. The molecule has 1 aromatic carbocycles. The second kappa shape index (κ2) is 7.99. The van der Waals surface area contributed by atoms with E-state index in [2.05, 4.69) is 17.4 Å². The molecule has 0 unspecified atom stereocenters. The van der Waals surface area contributed by atoms with Crippen LogP contribution in [0.2, 0.25) is 0 Å². The number of likely N-dealkylation sites (tertiary alicyclic amines) is 1. The third-order valence-corrected chi connectivity index (χ3v) is 4.29. The number of carbonyl (C=O) groups excluding carboxylic acids is 2. The van der Waals surface area contributed by atoms with Gasteiger partial charge in [0.25, 0.3) is 0 Å². The average Bonchev–Trinajstić information content (AvgIpc) is 2.55. The first-order valence-electron chi connectivity index (χ1n) is 8.26. The van der Waals surface area contributed by atoms with Crippen molar-refractivity contribution in [1.29, 1.82) is 0 Å². The maximum Gasteiger partial charge on any atom is 0.309 e. The molecule has 5 nitrogen and oxygen atoms in total. The largest absolute Gasteiger partial charge is 0.466 e. The molecule has 0 atom stereocenters. The molecule has 0 spiro atoms. The number of nitrogens with zero attached hydrogens (tertiary/aromatic N) is 1. The zero-order chi connectivity index (χ0) is 16.8. The fraction of sp³-hybridized carbons (Fsp3) is 0.556. The van der Waals surface area contributed by atoms with E-state index >= 15 is 0 Å². The Balaban J connectivity index is 1.81. The van der Waals surface area contributed by atoms with E-state index in [9.17, 15) is 9.59 Å². The molecule has 1 amide bonds. The summed E-state index contributed by atoms with van der Waals surface area (Å²) < 4.78 is 5.05. The van der Waals surface area contributed by atoms with E-state index in [-0.39, 0.29) is 24.3 Å². The minimum Gasteiger partial charge on any atom is -0.466 e. The summed E-state index contributed by atoms with van der Waals surface area (Å²) in [7, 11) is 0. The van der Waals surface area contributed by atoms with Gasteiger partial charge in [-0.05, 0) is 50.8 Å². The molecular formula is C18H26N2O3. The first-order valence-corrected chi connectivity index (χ1v) is 8.26. The quantitative estimate of drug-likeness (QED) is 0.848. The lowest BCUT2D eigenvalue weighted by molar-refractivity contribution is -0.151. The fourth-order valence-electron chi connectivity index (χ4n) is 2.83. The Morgan fingerprint density at radius 2 is 1.96 bits per heavy atom. The van der Waals surface area contributed by atoms with Gasteiger partial charge in [-0.25, -0.2) is 0 Å². The molecule has 1 aromatic rings. The van der Waals surface area contributed by atoms with Gasteiger partial charge in [0.1, 0.15) is 0 Å². The maximum atomic E-state index is 12.3. The van der Waals surface area contributed by atoms with Crippen molar-refractivity contribution in [2.45, 2.75) is 33.6 Å². The van der Waals surface area contributed by atoms with E-state index < -0.39 is 0 Å². The zero-order valence-electron chi connectivity index (χ0n) is 14.2. The van der Waals surface area contributed by atoms with Crippen molar-refractivity contribution in [3.63, 3.8) is 0 Å². The number of benzene rings is 1. The number of hydrogen-bond acceptors (Lipinski definition) is 4. The molecule has 1 N–H and O–H groups in total. The van der Waals surface area contributed by atoms with Crippen molar-refractivity contribution >= 4 is 17.6 Å². The third kappa shape index (κ3) is 4.71. The Hall–Kier alpha value is -2.04. The van der Waals surface area contributed by atoms with Gasteiger partial charge in [-0.2, -0.15) is 0 Å². The normalized spacial score (nSPS) is 15.3. The smallest absolute Gasteiger partial charge is 0.309 e.